The number of benzene rings is 2. The van der Waals surface area contributed by atoms with Crippen molar-refractivity contribution in [3.8, 4) is 0 Å². The van der Waals surface area contributed by atoms with Gasteiger partial charge >= 0.3 is 0 Å². The Balaban J connectivity index is 0.000000219. The Morgan fingerprint density at radius 1 is 1.05 bits per heavy atom. The standard InChI is InChI=1S/C8H8BrNO2.C6H6BrNO/c1-6(11)10(12)8-5-3-2-4-7(8)9;7-5-3-1-2-4-6(5)8-9/h2-5,12H,1H3;1-4,8-9H. The first-order valence-electron chi connectivity index (χ1n) is 5.86. The number of anilines is 2. The number of para-hydroxylation sites is 2. The highest BCUT2D eigenvalue weighted by Gasteiger charge is 2.09. The summed E-state index contributed by atoms with van der Waals surface area (Å²) >= 11 is 6.45. The van der Waals surface area contributed by atoms with Crippen LogP contribution in [0.5, 0.6) is 0 Å². The average molecular weight is 418 g/mol. The van der Waals surface area contributed by atoms with Gasteiger partial charge in [0.15, 0.2) is 0 Å². The van der Waals surface area contributed by atoms with Gasteiger partial charge in [-0.3, -0.25) is 20.7 Å². The maximum Gasteiger partial charge on any atom is 0.247 e. The molecule has 0 radical (unpaired) electrons. The van der Waals surface area contributed by atoms with Gasteiger partial charge < -0.3 is 0 Å². The van der Waals surface area contributed by atoms with Crippen molar-refractivity contribution in [2.24, 2.45) is 0 Å². The van der Waals surface area contributed by atoms with Gasteiger partial charge in [-0.15, -0.1) is 0 Å². The molecule has 2 aromatic carbocycles. The molecule has 7 heteroatoms. The lowest BCUT2D eigenvalue weighted by Gasteiger charge is -2.13. The van der Waals surface area contributed by atoms with E-state index >= 15 is 0 Å². The highest BCUT2D eigenvalue weighted by atomic mass is 79.9. The Hall–Kier alpha value is -1.41. The molecule has 0 spiro atoms. The number of nitrogens with zero attached hydrogens (tertiary/aromatic N) is 1. The number of nitrogens with one attached hydrogen (secondary N) is 1. The van der Waals surface area contributed by atoms with Gasteiger partial charge in [0.05, 0.1) is 11.4 Å². The number of hydrogen-bond donors (Lipinski definition) is 3. The van der Waals surface area contributed by atoms with Gasteiger partial charge in [-0.2, -0.15) is 5.06 Å². The Morgan fingerprint density at radius 2 is 1.57 bits per heavy atom. The highest BCUT2D eigenvalue weighted by Crippen LogP contribution is 2.24. The van der Waals surface area contributed by atoms with E-state index in [0.717, 1.165) is 4.47 Å². The van der Waals surface area contributed by atoms with Crippen LogP contribution in [-0.4, -0.2) is 16.3 Å². The second kappa shape index (κ2) is 8.78. The van der Waals surface area contributed by atoms with Crippen LogP contribution in [0.25, 0.3) is 0 Å². The molecule has 1 amide bonds. The molecular weight excluding hydrogens is 404 g/mol. The van der Waals surface area contributed by atoms with E-state index in [4.69, 9.17) is 5.21 Å². The third-order valence-electron chi connectivity index (χ3n) is 2.37. The number of amides is 1. The Kier molecular flexibility index (Phi) is 7.38. The first-order chi connectivity index (χ1) is 9.97. The van der Waals surface area contributed by atoms with E-state index in [2.05, 4.69) is 31.9 Å². The molecule has 2 rings (SSSR count). The summed E-state index contributed by atoms with van der Waals surface area (Å²) in [5.74, 6) is -0.415. The van der Waals surface area contributed by atoms with Gasteiger partial charge in [0.1, 0.15) is 0 Å². The maximum atomic E-state index is 10.8. The predicted octanol–water partition coefficient (Wildman–Crippen LogP) is 4.44. The van der Waals surface area contributed by atoms with Crippen molar-refractivity contribution in [2.75, 3.05) is 10.5 Å². The van der Waals surface area contributed by atoms with E-state index in [0.29, 0.717) is 20.9 Å². The normalized spacial score (nSPS) is 9.38. The number of rotatable bonds is 2. The summed E-state index contributed by atoms with van der Waals surface area (Å²) in [6.45, 7) is 1.29. The fourth-order valence-electron chi connectivity index (χ4n) is 1.35. The largest absolute Gasteiger partial charge is 0.291 e. The van der Waals surface area contributed by atoms with Crippen LogP contribution in [0.1, 0.15) is 6.92 Å². The SMILES string of the molecule is CC(=O)N(O)c1ccccc1Br.ONc1ccccc1Br. The predicted molar refractivity (Wildman–Crippen MR) is 88.6 cm³/mol. The molecule has 3 N–H and O–H groups in total. The summed E-state index contributed by atoms with van der Waals surface area (Å²) in [6.07, 6.45) is 0. The molecule has 0 saturated carbocycles. The van der Waals surface area contributed by atoms with Crippen molar-refractivity contribution in [1.82, 2.24) is 0 Å². The molecule has 0 aliphatic heterocycles. The number of hydrogen-bond acceptors (Lipinski definition) is 4. The van der Waals surface area contributed by atoms with E-state index < -0.39 is 5.91 Å². The van der Waals surface area contributed by atoms with Crippen LogP contribution in [-0.2, 0) is 4.79 Å². The van der Waals surface area contributed by atoms with Gasteiger partial charge in [0.25, 0.3) is 0 Å². The third-order valence-corrected chi connectivity index (χ3v) is 3.74. The Morgan fingerprint density at radius 3 is 2.00 bits per heavy atom. The number of halogens is 2. The highest BCUT2D eigenvalue weighted by molar-refractivity contribution is 9.11. The molecule has 0 fully saturated rings. The zero-order valence-corrected chi connectivity index (χ0v) is 14.3. The molecule has 5 nitrogen and oxygen atoms in total. The number of carbonyl (C=O) groups excluding carboxylic acids is 1. The summed E-state index contributed by atoms with van der Waals surface area (Å²) < 4.78 is 1.54. The van der Waals surface area contributed by atoms with Crippen molar-refractivity contribution in [3.05, 3.63) is 57.5 Å². The topological polar surface area (TPSA) is 72.8 Å². The van der Waals surface area contributed by atoms with Gasteiger partial charge in [-0.1, -0.05) is 24.3 Å². The van der Waals surface area contributed by atoms with Gasteiger partial charge in [-0.25, -0.2) is 0 Å². The second-order valence-electron chi connectivity index (χ2n) is 3.87. The average Bonchev–Trinajstić information content (AvgIpc) is 2.48. The van der Waals surface area contributed by atoms with Gasteiger partial charge in [-0.05, 0) is 56.1 Å². The minimum Gasteiger partial charge on any atom is -0.291 e. The van der Waals surface area contributed by atoms with Crippen molar-refractivity contribution in [3.63, 3.8) is 0 Å². The molecule has 0 aliphatic carbocycles. The Labute approximate surface area is 139 Å². The summed E-state index contributed by atoms with van der Waals surface area (Å²) in [7, 11) is 0. The molecule has 0 heterocycles. The summed E-state index contributed by atoms with van der Waals surface area (Å²) in [5.41, 5.74) is 3.18. The molecule has 0 aromatic heterocycles. The molecule has 21 heavy (non-hydrogen) atoms. The monoisotopic (exact) mass is 416 g/mol. The fourth-order valence-corrected chi connectivity index (χ4v) is 2.17. The van der Waals surface area contributed by atoms with Crippen LogP contribution in [0.2, 0.25) is 0 Å². The number of carbonyl (C=O) groups is 1. The third kappa shape index (κ3) is 5.47. The molecule has 0 aliphatic rings. The van der Waals surface area contributed by atoms with Crippen molar-refractivity contribution in [1.29, 1.82) is 0 Å². The first-order valence-corrected chi connectivity index (χ1v) is 7.44. The van der Waals surface area contributed by atoms with Crippen LogP contribution >= 0.6 is 31.9 Å². The summed E-state index contributed by atoms with van der Waals surface area (Å²) in [6, 6.07) is 14.3. The quantitative estimate of drug-likeness (QED) is 0.498. The van der Waals surface area contributed by atoms with Crippen LogP contribution in [0, 0.1) is 0 Å². The smallest absolute Gasteiger partial charge is 0.247 e. The zero-order chi connectivity index (χ0) is 15.8. The van der Waals surface area contributed by atoms with Crippen molar-refractivity contribution >= 4 is 49.1 Å². The van der Waals surface area contributed by atoms with E-state index in [9.17, 15) is 10.0 Å². The minimum atomic E-state index is -0.415. The van der Waals surface area contributed by atoms with Crippen LogP contribution in [0.3, 0.4) is 0 Å². The fraction of sp³-hybridized carbons (Fsp3) is 0.0714. The van der Waals surface area contributed by atoms with Crippen LogP contribution < -0.4 is 10.5 Å². The molecule has 0 unspecified atom stereocenters. The van der Waals surface area contributed by atoms with E-state index in [-0.39, 0.29) is 0 Å². The Bertz CT molecular complexity index is 608. The van der Waals surface area contributed by atoms with Crippen LogP contribution in [0.4, 0.5) is 11.4 Å². The lowest BCUT2D eigenvalue weighted by molar-refractivity contribution is -0.121. The minimum absolute atomic E-state index is 0.415. The maximum absolute atomic E-state index is 10.8. The van der Waals surface area contributed by atoms with E-state index in [1.165, 1.54) is 6.92 Å². The number of hydroxylamine groups is 1. The molecule has 2 aromatic rings. The summed E-state index contributed by atoms with van der Waals surface area (Å²) in [5, 5.41) is 18.3. The van der Waals surface area contributed by atoms with Crippen molar-refractivity contribution in [2.45, 2.75) is 6.92 Å². The molecule has 0 saturated heterocycles. The lowest BCUT2D eigenvalue weighted by Crippen LogP contribution is -2.23. The van der Waals surface area contributed by atoms with Crippen LogP contribution in [0.15, 0.2) is 57.5 Å². The van der Waals surface area contributed by atoms with Crippen molar-refractivity contribution < 1.29 is 15.2 Å². The lowest BCUT2D eigenvalue weighted by atomic mass is 10.3. The second-order valence-corrected chi connectivity index (χ2v) is 5.58. The summed E-state index contributed by atoms with van der Waals surface area (Å²) in [4.78, 5) is 10.8. The van der Waals surface area contributed by atoms with Gasteiger partial charge in [0, 0.05) is 15.9 Å². The molecular formula is C14H14Br2N2O3. The van der Waals surface area contributed by atoms with E-state index in [1.54, 1.807) is 24.3 Å². The van der Waals surface area contributed by atoms with Gasteiger partial charge in [0.2, 0.25) is 5.91 Å². The first kappa shape index (κ1) is 17.6. The molecule has 0 atom stereocenters. The zero-order valence-electron chi connectivity index (χ0n) is 11.1. The molecule has 0 bridgehead atoms. The van der Waals surface area contributed by atoms with E-state index in [1.807, 2.05) is 29.7 Å². The molecule has 112 valence electrons.